The molecule has 0 spiro atoms. The molecule has 4 rings (SSSR count). The van der Waals surface area contributed by atoms with Crippen molar-refractivity contribution in [3.8, 4) is 5.75 Å². The van der Waals surface area contributed by atoms with E-state index in [-0.39, 0.29) is 11.8 Å². The molecule has 2 N–H and O–H groups in total. The fourth-order valence-corrected chi connectivity index (χ4v) is 3.67. The van der Waals surface area contributed by atoms with Crippen LogP contribution in [0.4, 0.5) is 5.69 Å². The van der Waals surface area contributed by atoms with E-state index >= 15 is 0 Å². The van der Waals surface area contributed by atoms with Crippen molar-refractivity contribution in [3.05, 3.63) is 59.3 Å². The van der Waals surface area contributed by atoms with E-state index in [1.165, 1.54) is 6.92 Å². The second-order valence-electron chi connectivity index (χ2n) is 6.70. The molecule has 2 amide bonds. The summed E-state index contributed by atoms with van der Waals surface area (Å²) in [7, 11) is 1.66. The number of fused-ring (bicyclic) bond motifs is 3. The summed E-state index contributed by atoms with van der Waals surface area (Å²) in [5.74, 6) is 0.614. The molecule has 0 bridgehead atoms. The molecule has 3 aromatic rings. The normalized spacial score (nSPS) is 13.3. The minimum atomic E-state index is -0.157. The zero-order chi connectivity index (χ0) is 19.0. The maximum atomic E-state index is 13.0. The molecular formula is C21H21N3O3. The summed E-state index contributed by atoms with van der Waals surface area (Å²) >= 11 is 0. The van der Waals surface area contributed by atoms with Crippen molar-refractivity contribution >= 4 is 28.4 Å². The van der Waals surface area contributed by atoms with Crippen molar-refractivity contribution in [3.63, 3.8) is 0 Å². The van der Waals surface area contributed by atoms with Crippen LogP contribution in [0.3, 0.4) is 0 Å². The number of anilines is 1. The van der Waals surface area contributed by atoms with Gasteiger partial charge in [-0.2, -0.15) is 0 Å². The Labute approximate surface area is 157 Å². The standard InChI is InChI=1S/C21H21N3O3/c1-13(25)22-15-6-3-5-14(11-15)21(26)24-10-9-18-17(12-24)16-7-4-8-19(27-2)20(16)23-18/h3-8,11,23H,9-10,12H2,1-2H3,(H,22,25). The fourth-order valence-electron chi connectivity index (χ4n) is 3.67. The zero-order valence-corrected chi connectivity index (χ0v) is 15.3. The highest BCUT2D eigenvalue weighted by Crippen LogP contribution is 2.33. The Morgan fingerprint density at radius 1 is 1.19 bits per heavy atom. The van der Waals surface area contributed by atoms with Crippen LogP contribution in [0.1, 0.15) is 28.5 Å². The molecule has 1 aliphatic heterocycles. The van der Waals surface area contributed by atoms with E-state index in [2.05, 4.69) is 16.4 Å². The number of nitrogens with one attached hydrogen (secondary N) is 2. The van der Waals surface area contributed by atoms with Gasteiger partial charge in [-0.15, -0.1) is 0 Å². The Morgan fingerprint density at radius 3 is 2.78 bits per heavy atom. The van der Waals surface area contributed by atoms with Gasteiger partial charge in [0.15, 0.2) is 0 Å². The summed E-state index contributed by atoms with van der Waals surface area (Å²) in [6.45, 7) is 2.64. The number of hydrogen-bond donors (Lipinski definition) is 2. The van der Waals surface area contributed by atoms with Crippen LogP contribution in [0, 0.1) is 0 Å². The number of benzene rings is 2. The van der Waals surface area contributed by atoms with Crippen molar-refractivity contribution in [2.45, 2.75) is 19.9 Å². The van der Waals surface area contributed by atoms with E-state index in [0.29, 0.717) is 24.3 Å². The van der Waals surface area contributed by atoms with E-state index in [9.17, 15) is 9.59 Å². The molecule has 2 heterocycles. The summed E-state index contributed by atoms with van der Waals surface area (Å²) in [6, 6.07) is 13.0. The van der Waals surface area contributed by atoms with Crippen molar-refractivity contribution in [2.75, 3.05) is 19.0 Å². The van der Waals surface area contributed by atoms with Gasteiger partial charge >= 0.3 is 0 Å². The Bertz CT molecular complexity index is 1040. The minimum Gasteiger partial charge on any atom is -0.495 e. The van der Waals surface area contributed by atoms with Crippen LogP contribution < -0.4 is 10.1 Å². The minimum absolute atomic E-state index is 0.0369. The van der Waals surface area contributed by atoms with Gasteiger partial charge in [0.1, 0.15) is 5.75 Å². The lowest BCUT2D eigenvalue weighted by Gasteiger charge is -2.27. The number of H-pyrrole nitrogens is 1. The van der Waals surface area contributed by atoms with Crippen molar-refractivity contribution in [2.24, 2.45) is 0 Å². The van der Waals surface area contributed by atoms with Crippen LogP contribution in [-0.4, -0.2) is 35.4 Å². The third kappa shape index (κ3) is 3.14. The molecule has 0 aliphatic carbocycles. The highest BCUT2D eigenvalue weighted by molar-refractivity contribution is 5.97. The molecule has 0 saturated heterocycles. The number of carbonyl (C=O) groups is 2. The lowest BCUT2D eigenvalue weighted by Crippen LogP contribution is -2.35. The molecule has 1 aromatic heterocycles. The average Bonchev–Trinajstić information content (AvgIpc) is 3.05. The molecule has 0 atom stereocenters. The summed E-state index contributed by atoms with van der Waals surface area (Å²) in [4.78, 5) is 29.6. The summed E-state index contributed by atoms with van der Waals surface area (Å²) in [6.07, 6.45) is 0.768. The molecule has 0 radical (unpaired) electrons. The lowest BCUT2D eigenvalue weighted by molar-refractivity contribution is -0.114. The third-order valence-electron chi connectivity index (χ3n) is 4.91. The first-order valence-electron chi connectivity index (χ1n) is 8.90. The number of para-hydroxylation sites is 1. The summed E-state index contributed by atoms with van der Waals surface area (Å²) < 4.78 is 5.45. The number of methoxy groups -OCH3 is 1. The van der Waals surface area contributed by atoms with Crippen LogP contribution in [0.5, 0.6) is 5.75 Å². The van der Waals surface area contributed by atoms with Gasteiger partial charge < -0.3 is 19.9 Å². The maximum Gasteiger partial charge on any atom is 0.254 e. The molecule has 2 aromatic carbocycles. The number of amides is 2. The third-order valence-corrected chi connectivity index (χ3v) is 4.91. The second kappa shape index (κ2) is 6.79. The van der Waals surface area contributed by atoms with Crippen molar-refractivity contribution in [1.82, 2.24) is 9.88 Å². The first kappa shape index (κ1) is 17.1. The highest BCUT2D eigenvalue weighted by atomic mass is 16.5. The molecule has 6 nitrogen and oxygen atoms in total. The predicted molar refractivity (Wildman–Crippen MR) is 104 cm³/mol. The maximum absolute atomic E-state index is 13.0. The van der Waals surface area contributed by atoms with Gasteiger partial charge in [-0.25, -0.2) is 0 Å². The fraction of sp³-hybridized carbons (Fsp3) is 0.238. The SMILES string of the molecule is COc1cccc2c3c([nH]c12)CCN(C(=O)c1cccc(NC(C)=O)c1)C3. The van der Waals surface area contributed by atoms with Gasteiger partial charge in [-0.05, 0) is 24.3 Å². The first-order valence-corrected chi connectivity index (χ1v) is 8.90. The Morgan fingerprint density at radius 2 is 2.00 bits per heavy atom. The van der Waals surface area contributed by atoms with Crippen LogP contribution >= 0.6 is 0 Å². The molecule has 0 saturated carbocycles. The van der Waals surface area contributed by atoms with E-state index in [1.807, 2.05) is 17.0 Å². The largest absolute Gasteiger partial charge is 0.495 e. The smallest absolute Gasteiger partial charge is 0.254 e. The Balaban J connectivity index is 1.63. The van der Waals surface area contributed by atoms with Gasteiger partial charge in [-0.1, -0.05) is 18.2 Å². The monoisotopic (exact) mass is 363 g/mol. The van der Waals surface area contributed by atoms with Crippen LogP contribution in [-0.2, 0) is 17.8 Å². The predicted octanol–water partition coefficient (Wildman–Crippen LogP) is 3.33. The lowest BCUT2D eigenvalue weighted by atomic mass is 10.0. The number of carbonyl (C=O) groups excluding carboxylic acids is 2. The second-order valence-corrected chi connectivity index (χ2v) is 6.70. The first-order chi connectivity index (χ1) is 13.1. The van der Waals surface area contributed by atoms with Gasteiger partial charge in [0.25, 0.3) is 5.91 Å². The van der Waals surface area contributed by atoms with Crippen molar-refractivity contribution in [1.29, 1.82) is 0 Å². The van der Waals surface area contributed by atoms with Crippen LogP contribution in [0.15, 0.2) is 42.5 Å². The molecule has 0 fully saturated rings. The van der Waals surface area contributed by atoms with Crippen molar-refractivity contribution < 1.29 is 14.3 Å². The van der Waals surface area contributed by atoms with E-state index in [4.69, 9.17) is 4.74 Å². The van der Waals surface area contributed by atoms with Gasteiger partial charge in [0.2, 0.25) is 5.91 Å². The number of nitrogens with zero attached hydrogens (tertiary/aromatic N) is 1. The molecule has 1 aliphatic rings. The average molecular weight is 363 g/mol. The molecule has 27 heavy (non-hydrogen) atoms. The number of rotatable bonds is 3. The van der Waals surface area contributed by atoms with E-state index in [0.717, 1.165) is 34.3 Å². The highest BCUT2D eigenvalue weighted by Gasteiger charge is 2.25. The van der Waals surface area contributed by atoms with Gasteiger partial charge in [0.05, 0.1) is 12.6 Å². The van der Waals surface area contributed by atoms with E-state index < -0.39 is 0 Å². The Kier molecular flexibility index (Phi) is 4.32. The quantitative estimate of drug-likeness (QED) is 0.749. The summed E-state index contributed by atoms with van der Waals surface area (Å²) in [5.41, 5.74) is 4.48. The van der Waals surface area contributed by atoms with E-state index in [1.54, 1.807) is 31.4 Å². The van der Waals surface area contributed by atoms with Crippen LogP contribution in [0.2, 0.25) is 0 Å². The van der Waals surface area contributed by atoms with Gasteiger partial charge in [0, 0.05) is 54.3 Å². The molecule has 0 unspecified atom stereocenters. The molecule has 138 valence electrons. The number of hydrogen-bond acceptors (Lipinski definition) is 3. The topological polar surface area (TPSA) is 74.4 Å². The molecule has 6 heteroatoms. The number of ether oxygens (including phenoxy) is 1. The van der Waals surface area contributed by atoms with Gasteiger partial charge in [-0.3, -0.25) is 9.59 Å². The zero-order valence-electron chi connectivity index (χ0n) is 15.3. The number of aromatic amines is 1. The summed E-state index contributed by atoms with van der Waals surface area (Å²) in [5, 5.41) is 3.81. The Hall–Kier alpha value is -3.28. The molecular weight excluding hydrogens is 342 g/mol. The number of aromatic nitrogens is 1. The van der Waals surface area contributed by atoms with Crippen LogP contribution in [0.25, 0.3) is 10.9 Å².